The molecule has 0 atom stereocenters. The molecule has 0 radical (unpaired) electrons. The number of carbonyl (C=O) groups is 1. The van der Waals surface area contributed by atoms with Crippen molar-refractivity contribution < 1.29 is 14.1 Å². The minimum Gasteiger partial charge on any atom is -0.465 e. The van der Waals surface area contributed by atoms with Crippen molar-refractivity contribution in [3.05, 3.63) is 57.4 Å². The van der Waals surface area contributed by atoms with Crippen LogP contribution < -0.4 is 5.56 Å². The SMILES string of the molecule is CCOC(=O)Cn1cc(-c2nc(-c3ccc(Br)cc3)no2)ccc1=O. The van der Waals surface area contributed by atoms with Crippen LogP contribution in [0.25, 0.3) is 22.8 Å². The molecule has 0 bridgehead atoms. The summed E-state index contributed by atoms with van der Waals surface area (Å²) in [6.45, 7) is 1.79. The maximum atomic E-state index is 11.9. The molecule has 0 N–H and O–H groups in total. The second-order valence-corrected chi connectivity index (χ2v) is 6.03. The van der Waals surface area contributed by atoms with Crippen molar-refractivity contribution >= 4 is 21.9 Å². The molecule has 3 rings (SSSR count). The van der Waals surface area contributed by atoms with Crippen LogP contribution in [0.1, 0.15) is 6.92 Å². The molecule has 7 nitrogen and oxygen atoms in total. The van der Waals surface area contributed by atoms with Crippen LogP contribution in [0.5, 0.6) is 0 Å². The number of ether oxygens (including phenoxy) is 1. The van der Waals surface area contributed by atoms with Gasteiger partial charge in [-0.15, -0.1) is 0 Å². The molecule has 25 heavy (non-hydrogen) atoms. The number of aromatic nitrogens is 3. The summed E-state index contributed by atoms with van der Waals surface area (Å²) in [6.07, 6.45) is 1.50. The zero-order valence-electron chi connectivity index (χ0n) is 13.3. The normalized spacial score (nSPS) is 10.6. The number of nitrogens with zero attached hydrogens (tertiary/aromatic N) is 3. The fourth-order valence-corrected chi connectivity index (χ4v) is 2.45. The maximum absolute atomic E-state index is 11.9. The number of esters is 1. The van der Waals surface area contributed by atoms with Crippen LogP contribution in [0.3, 0.4) is 0 Å². The minimum atomic E-state index is -0.483. The highest BCUT2D eigenvalue weighted by atomic mass is 79.9. The van der Waals surface area contributed by atoms with Gasteiger partial charge in [0.2, 0.25) is 5.82 Å². The van der Waals surface area contributed by atoms with Crippen LogP contribution in [0.15, 0.2) is 56.4 Å². The second kappa shape index (κ2) is 7.43. The van der Waals surface area contributed by atoms with Crippen LogP contribution in [0, 0.1) is 0 Å². The molecule has 0 spiro atoms. The summed E-state index contributed by atoms with van der Waals surface area (Å²) < 4.78 is 12.3. The number of hydrogen-bond donors (Lipinski definition) is 0. The van der Waals surface area contributed by atoms with Gasteiger partial charge in [-0.2, -0.15) is 4.98 Å². The summed E-state index contributed by atoms with van der Waals surface area (Å²) in [5.74, 6) is 0.212. The maximum Gasteiger partial charge on any atom is 0.326 e. The molecule has 0 saturated carbocycles. The Morgan fingerprint density at radius 1 is 1.20 bits per heavy atom. The number of halogens is 1. The molecule has 0 amide bonds. The van der Waals surface area contributed by atoms with Crippen molar-refractivity contribution in [2.45, 2.75) is 13.5 Å². The molecule has 8 heteroatoms. The molecule has 3 aromatic rings. The van der Waals surface area contributed by atoms with Gasteiger partial charge in [-0.25, -0.2) is 0 Å². The molecular formula is C17H14BrN3O4. The summed E-state index contributed by atoms with van der Waals surface area (Å²) in [5.41, 5.74) is 1.03. The van der Waals surface area contributed by atoms with Gasteiger partial charge in [0, 0.05) is 22.3 Å². The van der Waals surface area contributed by atoms with E-state index in [1.54, 1.807) is 13.0 Å². The monoisotopic (exact) mass is 403 g/mol. The summed E-state index contributed by atoms with van der Waals surface area (Å²) in [6, 6.07) is 10.4. The van der Waals surface area contributed by atoms with Crippen molar-refractivity contribution in [3.63, 3.8) is 0 Å². The Kier molecular flexibility index (Phi) is 5.08. The van der Waals surface area contributed by atoms with Gasteiger partial charge < -0.3 is 13.8 Å². The molecule has 1 aromatic carbocycles. The number of pyridine rings is 1. The number of benzene rings is 1. The summed E-state index contributed by atoms with van der Waals surface area (Å²) >= 11 is 3.37. The molecule has 0 aliphatic rings. The summed E-state index contributed by atoms with van der Waals surface area (Å²) in [7, 11) is 0. The summed E-state index contributed by atoms with van der Waals surface area (Å²) in [5, 5.41) is 3.95. The Hall–Kier alpha value is -2.74. The zero-order valence-corrected chi connectivity index (χ0v) is 14.9. The molecule has 2 heterocycles. The van der Waals surface area contributed by atoms with E-state index in [1.165, 1.54) is 16.8 Å². The average molecular weight is 404 g/mol. The molecule has 0 unspecified atom stereocenters. The zero-order chi connectivity index (χ0) is 17.8. The molecule has 2 aromatic heterocycles. The van der Waals surface area contributed by atoms with Crippen LogP contribution in [0.2, 0.25) is 0 Å². The van der Waals surface area contributed by atoms with Gasteiger partial charge in [0.1, 0.15) is 6.54 Å². The van der Waals surface area contributed by atoms with Crippen LogP contribution in [-0.4, -0.2) is 27.3 Å². The first-order chi connectivity index (χ1) is 12.1. The van der Waals surface area contributed by atoms with Gasteiger partial charge in [-0.3, -0.25) is 9.59 Å². The van der Waals surface area contributed by atoms with Crippen LogP contribution in [0.4, 0.5) is 0 Å². The van der Waals surface area contributed by atoms with Gasteiger partial charge in [-0.1, -0.05) is 21.1 Å². The fraction of sp³-hybridized carbons (Fsp3) is 0.176. The first-order valence-corrected chi connectivity index (χ1v) is 8.32. The molecule has 0 aliphatic carbocycles. The largest absolute Gasteiger partial charge is 0.465 e. The Morgan fingerprint density at radius 2 is 1.92 bits per heavy atom. The number of carbonyl (C=O) groups excluding carboxylic acids is 1. The topological polar surface area (TPSA) is 87.2 Å². The van der Waals surface area contributed by atoms with E-state index in [2.05, 4.69) is 26.1 Å². The Bertz CT molecular complexity index is 947. The van der Waals surface area contributed by atoms with Gasteiger partial charge in [0.25, 0.3) is 11.4 Å². The van der Waals surface area contributed by atoms with Crippen molar-refractivity contribution in [3.8, 4) is 22.8 Å². The molecule has 0 aliphatic heterocycles. The van der Waals surface area contributed by atoms with E-state index >= 15 is 0 Å². The quantitative estimate of drug-likeness (QED) is 0.608. The van der Waals surface area contributed by atoms with E-state index in [4.69, 9.17) is 9.26 Å². The van der Waals surface area contributed by atoms with Crippen LogP contribution in [-0.2, 0) is 16.1 Å². The Morgan fingerprint density at radius 3 is 2.64 bits per heavy atom. The lowest BCUT2D eigenvalue weighted by molar-refractivity contribution is -0.143. The molecule has 0 saturated heterocycles. The van der Waals surface area contributed by atoms with Crippen LogP contribution >= 0.6 is 15.9 Å². The van der Waals surface area contributed by atoms with Gasteiger partial charge in [-0.05, 0) is 37.3 Å². The third-order valence-corrected chi connectivity index (χ3v) is 3.89. The van der Waals surface area contributed by atoms with Gasteiger partial charge in [0.15, 0.2) is 0 Å². The highest BCUT2D eigenvalue weighted by Gasteiger charge is 2.13. The van der Waals surface area contributed by atoms with Gasteiger partial charge >= 0.3 is 5.97 Å². The van der Waals surface area contributed by atoms with E-state index in [0.29, 0.717) is 11.4 Å². The van der Waals surface area contributed by atoms with Crippen molar-refractivity contribution in [1.82, 2.24) is 14.7 Å². The lowest BCUT2D eigenvalue weighted by Crippen LogP contribution is -2.24. The first-order valence-electron chi connectivity index (χ1n) is 7.53. The molecule has 128 valence electrons. The number of hydrogen-bond acceptors (Lipinski definition) is 6. The predicted molar refractivity (Wildman–Crippen MR) is 93.8 cm³/mol. The Labute approximate surface area is 151 Å². The fourth-order valence-electron chi connectivity index (χ4n) is 2.18. The third kappa shape index (κ3) is 4.03. The van der Waals surface area contributed by atoms with Crippen molar-refractivity contribution in [2.24, 2.45) is 0 Å². The highest BCUT2D eigenvalue weighted by Crippen LogP contribution is 2.22. The first kappa shape index (κ1) is 17.1. The minimum absolute atomic E-state index is 0.172. The van der Waals surface area contributed by atoms with E-state index in [-0.39, 0.29) is 24.6 Å². The lowest BCUT2D eigenvalue weighted by atomic mass is 10.2. The van der Waals surface area contributed by atoms with E-state index in [9.17, 15) is 9.59 Å². The summed E-state index contributed by atoms with van der Waals surface area (Å²) in [4.78, 5) is 27.8. The highest BCUT2D eigenvalue weighted by molar-refractivity contribution is 9.10. The van der Waals surface area contributed by atoms with E-state index < -0.39 is 5.97 Å². The van der Waals surface area contributed by atoms with Crippen molar-refractivity contribution in [2.75, 3.05) is 6.61 Å². The standard InChI is InChI=1S/C17H14BrN3O4/c1-2-24-15(23)10-21-9-12(5-8-14(21)22)17-19-16(20-25-17)11-3-6-13(18)7-4-11/h3-9H,2,10H2,1H3. The predicted octanol–water partition coefficient (Wildman–Crippen LogP) is 2.89. The lowest BCUT2D eigenvalue weighted by Gasteiger charge is -2.05. The second-order valence-electron chi connectivity index (χ2n) is 5.12. The van der Waals surface area contributed by atoms with Crippen molar-refractivity contribution in [1.29, 1.82) is 0 Å². The average Bonchev–Trinajstić information content (AvgIpc) is 3.08. The molecular weight excluding hydrogens is 390 g/mol. The molecule has 0 fully saturated rings. The third-order valence-electron chi connectivity index (χ3n) is 3.36. The van der Waals surface area contributed by atoms with E-state index in [0.717, 1.165) is 10.0 Å². The Balaban J connectivity index is 1.88. The number of rotatable bonds is 5. The van der Waals surface area contributed by atoms with E-state index in [1.807, 2.05) is 24.3 Å². The smallest absolute Gasteiger partial charge is 0.326 e. The van der Waals surface area contributed by atoms with Gasteiger partial charge in [0.05, 0.1) is 12.2 Å².